The van der Waals surface area contributed by atoms with Crippen molar-refractivity contribution in [3.05, 3.63) is 174 Å². The molecule has 5 aliphatic carbocycles. The number of furan rings is 1. The average Bonchev–Trinajstić information content (AvgIpc) is 3.76. The Balaban J connectivity index is 1.10. The lowest BCUT2D eigenvalue weighted by atomic mass is 9.48. The smallest absolute Gasteiger partial charge is 0.143 e. The number of fused-ring (bicyclic) bond motifs is 10. The van der Waals surface area contributed by atoms with Gasteiger partial charge in [0.05, 0.1) is 11.4 Å². The number of para-hydroxylation sites is 1. The highest BCUT2D eigenvalue weighted by Gasteiger charge is 2.52. The Hall–Kier alpha value is -6.12. The molecule has 0 aliphatic heterocycles. The zero-order chi connectivity index (χ0) is 39.0. The third-order valence-electron chi connectivity index (χ3n) is 15.4. The van der Waals surface area contributed by atoms with Crippen LogP contribution in [-0.2, 0) is 10.8 Å². The van der Waals surface area contributed by atoms with Crippen LogP contribution in [-0.4, -0.2) is 0 Å². The first kappa shape index (κ1) is 33.8. The maximum absolute atomic E-state index is 7.05. The topological polar surface area (TPSA) is 16.4 Å². The Bertz CT molecular complexity index is 3150. The second-order valence-corrected chi connectivity index (χ2v) is 19.1. The molecule has 2 heteroatoms. The van der Waals surface area contributed by atoms with Crippen molar-refractivity contribution in [2.75, 3.05) is 4.90 Å². The molecular weight excluding hydrogens is 715 g/mol. The van der Waals surface area contributed by atoms with Gasteiger partial charge in [0.15, 0.2) is 0 Å². The van der Waals surface area contributed by atoms with Gasteiger partial charge in [0, 0.05) is 38.2 Å². The zero-order valence-electron chi connectivity index (χ0n) is 33.8. The summed E-state index contributed by atoms with van der Waals surface area (Å²) in [7, 11) is 0. The summed E-state index contributed by atoms with van der Waals surface area (Å²) in [4.78, 5) is 2.56. The third-order valence-corrected chi connectivity index (χ3v) is 15.4. The largest absolute Gasteiger partial charge is 0.455 e. The van der Waals surface area contributed by atoms with Gasteiger partial charge in [0.1, 0.15) is 11.2 Å². The quantitative estimate of drug-likeness (QED) is 0.174. The van der Waals surface area contributed by atoms with E-state index in [1.165, 1.54) is 110 Å². The van der Waals surface area contributed by atoms with E-state index in [2.05, 4.69) is 176 Å². The molecule has 0 atom stereocenters. The maximum Gasteiger partial charge on any atom is 0.143 e. The summed E-state index contributed by atoms with van der Waals surface area (Å²) in [6.45, 7) is 4.81. The fourth-order valence-corrected chi connectivity index (χ4v) is 13.3. The van der Waals surface area contributed by atoms with Crippen LogP contribution in [0.5, 0.6) is 0 Å². The SMILES string of the molecule is CC1(C)c2cc(N(c3ccccc3-c3ccccc3)c3cc4c(oc5cccc(C67CC8CC(CC(C8)C6)C7)c54)c4ccccc34)ccc2-c2c1ccc1ccccc21. The molecule has 0 N–H and O–H groups in total. The lowest BCUT2D eigenvalue weighted by Crippen LogP contribution is -2.48. The summed E-state index contributed by atoms with van der Waals surface area (Å²) in [5.41, 5.74) is 15.0. The minimum atomic E-state index is -0.172. The summed E-state index contributed by atoms with van der Waals surface area (Å²) in [6, 6.07) is 59.1. The van der Waals surface area contributed by atoms with Crippen LogP contribution in [0.15, 0.2) is 162 Å². The highest BCUT2D eigenvalue weighted by atomic mass is 16.3. The number of nitrogens with zero attached hydrogens (tertiary/aromatic N) is 1. The summed E-state index contributed by atoms with van der Waals surface area (Å²) < 4.78 is 7.05. The normalized spacial score (nSPS) is 22.4. The minimum Gasteiger partial charge on any atom is -0.455 e. The Labute approximate surface area is 346 Å². The molecule has 4 fully saturated rings. The van der Waals surface area contributed by atoms with E-state index in [1.807, 2.05) is 0 Å². The number of anilines is 3. The number of hydrogen-bond acceptors (Lipinski definition) is 2. The molecule has 0 unspecified atom stereocenters. The Morgan fingerprint density at radius 2 is 1.20 bits per heavy atom. The van der Waals surface area contributed by atoms with Crippen LogP contribution in [0.2, 0.25) is 0 Å². The van der Waals surface area contributed by atoms with E-state index in [9.17, 15) is 0 Å². The molecule has 5 aliphatic rings. The molecule has 4 bridgehead atoms. The first-order chi connectivity index (χ1) is 28.9. The van der Waals surface area contributed by atoms with E-state index < -0.39 is 0 Å². The molecule has 0 radical (unpaired) electrons. The molecule has 0 saturated heterocycles. The van der Waals surface area contributed by atoms with E-state index in [4.69, 9.17) is 4.42 Å². The van der Waals surface area contributed by atoms with Gasteiger partial charge in [-0.2, -0.15) is 0 Å². The van der Waals surface area contributed by atoms with Crippen molar-refractivity contribution >= 4 is 60.5 Å². The molecule has 14 rings (SSSR count). The van der Waals surface area contributed by atoms with Gasteiger partial charge < -0.3 is 9.32 Å². The molecule has 0 spiro atoms. The van der Waals surface area contributed by atoms with Gasteiger partial charge in [-0.15, -0.1) is 0 Å². The van der Waals surface area contributed by atoms with Crippen molar-refractivity contribution in [3.8, 4) is 22.3 Å². The molecular formula is C57H47NO. The lowest BCUT2D eigenvalue weighted by Gasteiger charge is -2.57. The van der Waals surface area contributed by atoms with Crippen molar-refractivity contribution in [1.29, 1.82) is 0 Å². The summed E-state index contributed by atoms with van der Waals surface area (Å²) in [6.07, 6.45) is 8.28. The van der Waals surface area contributed by atoms with Crippen molar-refractivity contribution in [1.82, 2.24) is 0 Å². The summed E-state index contributed by atoms with van der Waals surface area (Å²) in [5.74, 6) is 2.60. The zero-order valence-corrected chi connectivity index (χ0v) is 33.8. The number of hydrogen-bond donors (Lipinski definition) is 0. The molecule has 2 nitrogen and oxygen atoms in total. The van der Waals surface area contributed by atoms with Gasteiger partial charge in [-0.25, -0.2) is 0 Å². The van der Waals surface area contributed by atoms with Gasteiger partial charge in [0.2, 0.25) is 0 Å². The second kappa shape index (κ2) is 12.2. The summed E-state index contributed by atoms with van der Waals surface area (Å²) in [5, 5.41) is 7.54. The molecule has 9 aromatic rings. The molecule has 4 saturated carbocycles. The van der Waals surface area contributed by atoms with Crippen LogP contribution in [0.3, 0.4) is 0 Å². The minimum absolute atomic E-state index is 0.172. The van der Waals surface area contributed by atoms with Crippen LogP contribution in [0.1, 0.15) is 69.1 Å². The average molecular weight is 762 g/mol. The Morgan fingerprint density at radius 1 is 0.508 bits per heavy atom. The van der Waals surface area contributed by atoms with Gasteiger partial charge in [-0.3, -0.25) is 0 Å². The molecule has 0 amide bonds. The Kier molecular flexibility index (Phi) is 7.00. The fourth-order valence-electron chi connectivity index (χ4n) is 13.3. The number of benzene rings is 8. The highest BCUT2D eigenvalue weighted by molar-refractivity contribution is 6.21. The highest BCUT2D eigenvalue weighted by Crippen LogP contribution is 2.62. The lowest BCUT2D eigenvalue weighted by molar-refractivity contribution is -0.00448. The number of rotatable bonds is 5. The van der Waals surface area contributed by atoms with E-state index in [1.54, 1.807) is 0 Å². The van der Waals surface area contributed by atoms with E-state index in [0.717, 1.165) is 45.7 Å². The predicted octanol–water partition coefficient (Wildman–Crippen LogP) is 15.8. The van der Waals surface area contributed by atoms with Crippen molar-refractivity contribution in [3.63, 3.8) is 0 Å². The standard InChI is InChI=1S/C57H47NO/c1-56(2)47-26-23-39-15-6-7-17-42(39)53(47)45-25-24-40(30-49(45)56)58(50-21-11-10-16-41(50)38-13-4-3-5-14-38)51-31-46-54-48(57-32-35-27-36(33-57)29-37(28-35)34-57)20-12-22-52(54)59-55(46)44-19-9-8-18-43(44)51/h3-26,30-31,35-37H,27-29,32-34H2,1-2H3. The van der Waals surface area contributed by atoms with Gasteiger partial charge in [-0.05, 0) is 136 Å². The fraction of sp³-hybridized carbons (Fsp3) is 0.228. The Morgan fingerprint density at radius 3 is 2.00 bits per heavy atom. The molecule has 286 valence electrons. The molecule has 59 heavy (non-hydrogen) atoms. The first-order valence-electron chi connectivity index (χ1n) is 21.9. The molecule has 1 heterocycles. The van der Waals surface area contributed by atoms with E-state index in [0.29, 0.717) is 0 Å². The van der Waals surface area contributed by atoms with Crippen molar-refractivity contribution < 1.29 is 4.42 Å². The van der Waals surface area contributed by atoms with Gasteiger partial charge >= 0.3 is 0 Å². The maximum atomic E-state index is 7.05. The van der Waals surface area contributed by atoms with Crippen LogP contribution < -0.4 is 4.90 Å². The van der Waals surface area contributed by atoms with Crippen LogP contribution >= 0.6 is 0 Å². The molecule has 8 aromatic carbocycles. The summed E-state index contributed by atoms with van der Waals surface area (Å²) >= 11 is 0. The van der Waals surface area contributed by atoms with Crippen LogP contribution in [0.4, 0.5) is 17.1 Å². The van der Waals surface area contributed by atoms with Crippen molar-refractivity contribution in [2.45, 2.75) is 63.2 Å². The van der Waals surface area contributed by atoms with E-state index >= 15 is 0 Å². The van der Waals surface area contributed by atoms with Gasteiger partial charge in [-0.1, -0.05) is 141 Å². The van der Waals surface area contributed by atoms with Crippen molar-refractivity contribution in [2.24, 2.45) is 17.8 Å². The monoisotopic (exact) mass is 761 g/mol. The van der Waals surface area contributed by atoms with Crippen LogP contribution in [0.25, 0.3) is 65.7 Å². The van der Waals surface area contributed by atoms with Crippen LogP contribution in [0, 0.1) is 17.8 Å². The first-order valence-corrected chi connectivity index (χ1v) is 21.9. The van der Waals surface area contributed by atoms with E-state index in [-0.39, 0.29) is 10.8 Å². The molecule has 1 aromatic heterocycles. The second-order valence-electron chi connectivity index (χ2n) is 19.1. The van der Waals surface area contributed by atoms with Gasteiger partial charge in [0.25, 0.3) is 0 Å². The third kappa shape index (κ3) is 4.81. The predicted molar refractivity (Wildman–Crippen MR) is 246 cm³/mol.